The van der Waals surface area contributed by atoms with Crippen molar-refractivity contribution in [2.24, 2.45) is 7.05 Å². The summed E-state index contributed by atoms with van der Waals surface area (Å²) in [6.45, 7) is 2.70. The quantitative estimate of drug-likeness (QED) is 0.915. The van der Waals surface area contributed by atoms with Crippen LogP contribution >= 0.6 is 11.6 Å². The van der Waals surface area contributed by atoms with Crippen molar-refractivity contribution in [3.63, 3.8) is 0 Å². The number of aromatic nitrogens is 1. The first-order valence-electron chi connectivity index (χ1n) is 6.22. The zero-order valence-corrected chi connectivity index (χ0v) is 11.9. The number of carbonyl (C=O) groups is 1. The van der Waals surface area contributed by atoms with Crippen LogP contribution in [0.2, 0.25) is 5.02 Å². The fourth-order valence-electron chi connectivity index (χ4n) is 2.04. The number of carbonyl (C=O) groups excluding carboxylic acids is 1. The van der Waals surface area contributed by atoms with E-state index in [0.29, 0.717) is 17.3 Å². The van der Waals surface area contributed by atoms with Crippen molar-refractivity contribution in [2.45, 2.75) is 13.3 Å². The van der Waals surface area contributed by atoms with Crippen LogP contribution in [-0.4, -0.2) is 17.0 Å². The second-order valence-corrected chi connectivity index (χ2v) is 5.02. The molecule has 1 amide bonds. The number of halogens is 1. The highest BCUT2D eigenvalue weighted by atomic mass is 35.5. The van der Waals surface area contributed by atoms with E-state index in [2.05, 4.69) is 24.4 Å². The Hall–Kier alpha value is -1.74. The fourth-order valence-corrected chi connectivity index (χ4v) is 2.29. The molecule has 0 saturated carbocycles. The van der Waals surface area contributed by atoms with E-state index in [4.69, 9.17) is 11.6 Å². The second-order valence-electron chi connectivity index (χ2n) is 4.59. The molecule has 0 aliphatic carbocycles. The first-order chi connectivity index (χ1) is 9.08. The van der Waals surface area contributed by atoms with Gasteiger partial charge in [0.1, 0.15) is 5.69 Å². The molecular weight excluding hydrogens is 260 g/mol. The molecule has 2 aromatic rings. The van der Waals surface area contributed by atoms with E-state index in [1.54, 1.807) is 16.8 Å². The molecule has 3 nitrogen and oxygen atoms in total. The largest absolute Gasteiger partial charge is 0.350 e. The molecule has 0 spiro atoms. The van der Waals surface area contributed by atoms with Crippen molar-refractivity contribution in [3.05, 3.63) is 58.4 Å². The summed E-state index contributed by atoms with van der Waals surface area (Å²) in [6, 6.07) is 9.87. The van der Waals surface area contributed by atoms with Gasteiger partial charge in [-0.3, -0.25) is 4.79 Å². The van der Waals surface area contributed by atoms with Gasteiger partial charge >= 0.3 is 0 Å². The van der Waals surface area contributed by atoms with Gasteiger partial charge in [-0.25, -0.2) is 0 Å². The van der Waals surface area contributed by atoms with E-state index in [0.717, 1.165) is 6.42 Å². The lowest BCUT2D eigenvalue weighted by molar-refractivity contribution is 0.0946. The second kappa shape index (κ2) is 5.93. The minimum Gasteiger partial charge on any atom is -0.350 e. The van der Waals surface area contributed by atoms with Crippen LogP contribution in [0.25, 0.3) is 0 Å². The van der Waals surface area contributed by atoms with Crippen LogP contribution in [0, 0.1) is 6.92 Å². The van der Waals surface area contributed by atoms with E-state index < -0.39 is 0 Å². The molecule has 100 valence electrons. The van der Waals surface area contributed by atoms with E-state index >= 15 is 0 Å². The smallest absolute Gasteiger partial charge is 0.267 e. The molecule has 0 atom stereocenters. The van der Waals surface area contributed by atoms with E-state index in [-0.39, 0.29) is 5.91 Å². The molecule has 1 aromatic heterocycles. The number of benzene rings is 1. The number of rotatable bonds is 4. The Morgan fingerprint density at radius 2 is 2.11 bits per heavy atom. The highest BCUT2D eigenvalue weighted by Gasteiger charge is 2.10. The molecule has 1 N–H and O–H groups in total. The van der Waals surface area contributed by atoms with E-state index in [1.807, 2.05) is 19.2 Å². The highest BCUT2D eigenvalue weighted by molar-refractivity contribution is 6.31. The lowest BCUT2D eigenvalue weighted by Crippen LogP contribution is -2.27. The maximum atomic E-state index is 12.0. The Labute approximate surface area is 118 Å². The van der Waals surface area contributed by atoms with Gasteiger partial charge in [0.15, 0.2) is 0 Å². The number of hydrogen-bond acceptors (Lipinski definition) is 1. The first-order valence-corrected chi connectivity index (χ1v) is 6.60. The average Bonchev–Trinajstić information content (AvgIpc) is 2.71. The zero-order chi connectivity index (χ0) is 13.8. The molecular formula is C15H17ClN2O. The summed E-state index contributed by atoms with van der Waals surface area (Å²) in [5.41, 5.74) is 3.08. The minimum absolute atomic E-state index is 0.0945. The maximum Gasteiger partial charge on any atom is 0.267 e. The van der Waals surface area contributed by atoms with Crippen molar-refractivity contribution in [1.29, 1.82) is 0 Å². The molecule has 0 aliphatic rings. The summed E-state index contributed by atoms with van der Waals surface area (Å²) in [6.07, 6.45) is 2.55. The molecule has 1 heterocycles. The zero-order valence-electron chi connectivity index (χ0n) is 11.1. The Balaban J connectivity index is 1.91. The summed E-state index contributed by atoms with van der Waals surface area (Å²) in [4.78, 5) is 12.0. The van der Waals surface area contributed by atoms with Gasteiger partial charge < -0.3 is 9.88 Å². The van der Waals surface area contributed by atoms with Gasteiger partial charge in [-0.1, -0.05) is 35.9 Å². The number of hydrogen-bond donors (Lipinski definition) is 1. The molecule has 4 heteroatoms. The maximum absolute atomic E-state index is 12.0. The van der Waals surface area contributed by atoms with Crippen molar-refractivity contribution in [3.8, 4) is 0 Å². The molecule has 0 fully saturated rings. The van der Waals surface area contributed by atoms with Gasteiger partial charge in [0, 0.05) is 19.8 Å². The third-order valence-corrected chi connectivity index (χ3v) is 3.35. The lowest BCUT2D eigenvalue weighted by atomic mass is 10.1. The molecule has 0 bridgehead atoms. The van der Waals surface area contributed by atoms with Crippen molar-refractivity contribution < 1.29 is 4.79 Å². The molecule has 0 saturated heterocycles. The lowest BCUT2D eigenvalue weighted by Gasteiger charge is -2.08. The summed E-state index contributed by atoms with van der Waals surface area (Å²) in [5.74, 6) is -0.0945. The van der Waals surface area contributed by atoms with Crippen molar-refractivity contribution in [1.82, 2.24) is 9.88 Å². The van der Waals surface area contributed by atoms with Gasteiger partial charge in [-0.15, -0.1) is 0 Å². The van der Waals surface area contributed by atoms with Crippen LogP contribution in [-0.2, 0) is 13.5 Å². The summed E-state index contributed by atoms with van der Waals surface area (Å²) < 4.78 is 1.73. The number of amides is 1. The molecule has 0 aliphatic heterocycles. The highest BCUT2D eigenvalue weighted by Crippen LogP contribution is 2.12. The number of aryl methyl sites for hydroxylation is 2. The standard InChI is InChI=1S/C15H17ClN2O/c1-11-5-3-4-6-12(11)7-8-17-15(19)14-9-13(16)10-18(14)2/h3-6,9-10H,7-8H2,1-2H3,(H,17,19). The molecule has 2 rings (SSSR count). The summed E-state index contributed by atoms with van der Waals surface area (Å²) in [7, 11) is 1.81. The third kappa shape index (κ3) is 3.38. The SMILES string of the molecule is Cc1ccccc1CCNC(=O)c1cc(Cl)cn1C. The first kappa shape index (κ1) is 13.7. The van der Waals surface area contributed by atoms with Crippen molar-refractivity contribution in [2.75, 3.05) is 6.54 Å². The minimum atomic E-state index is -0.0945. The molecule has 1 aromatic carbocycles. The van der Waals surface area contributed by atoms with E-state index in [9.17, 15) is 4.79 Å². The monoisotopic (exact) mass is 276 g/mol. The van der Waals surface area contributed by atoms with Gasteiger partial charge in [0.2, 0.25) is 0 Å². The Bertz CT molecular complexity index is 590. The van der Waals surface area contributed by atoms with Crippen LogP contribution in [0.1, 0.15) is 21.6 Å². The Kier molecular flexibility index (Phi) is 4.27. The molecule has 19 heavy (non-hydrogen) atoms. The van der Waals surface area contributed by atoms with Crippen LogP contribution in [0.3, 0.4) is 0 Å². The van der Waals surface area contributed by atoms with Gasteiger partial charge in [-0.05, 0) is 30.5 Å². The Morgan fingerprint density at radius 1 is 1.37 bits per heavy atom. The normalized spacial score (nSPS) is 10.5. The summed E-state index contributed by atoms with van der Waals surface area (Å²) >= 11 is 5.86. The van der Waals surface area contributed by atoms with Crippen LogP contribution in [0.15, 0.2) is 36.5 Å². The number of nitrogens with one attached hydrogen (secondary N) is 1. The molecule has 0 unspecified atom stereocenters. The Morgan fingerprint density at radius 3 is 2.74 bits per heavy atom. The van der Waals surface area contributed by atoms with E-state index in [1.165, 1.54) is 11.1 Å². The fraction of sp³-hybridized carbons (Fsp3) is 0.267. The predicted molar refractivity (Wildman–Crippen MR) is 77.6 cm³/mol. The topological polar surface area (TPSA) is 34.0 Å². The van der Waals surface area contributed by atoms with Gasteiger partial charge in [0.05, 0.1) is 5.02 Å². The average molecular weight is 277 g/mol. The third-order valence-electron chi connectivity index (χ3n) is 3.15. The van der Waals surface area contributed by atoms with Crippen LogP contribution < -0.4 is 5.32 Å². The van der Waals surface area contributed by atoms with Gasteiger partial charge in [0.25, 0.3) is 5.91 Å². The molecule has 0 radical (unpaired) electrons. The van der Waals surface area contributed by atoms with Crippen LogP contribution in [0.4, 0.5) is 0 Å². The van der Waals surface area contributed by atoms with Gasteiger partial charge in [-0.2, -0.15) is 0 Å². The van der Waals surface area contributed by atoms with Crippen molar-refractivity contribution >= 4 is 17.5 Å². The summed E-state index contributed by atoms with van der Waals surface area (Å²) in [5, 5.41) is 3.49. The number of nitrogens with zero attached hydrogens (tertiary/aromatic N) is 1. The van der Waals surface area contributed by atoms with Crippen LogP contribution in [0.5, 0.6) is 0 Å². The predicted octanol–water partition coefficient (Wildman–Crippen LogP) is 2.96.